The molecule has 1 aromatic carbocycles. The van der Waals surface area contributed by atoms with Gasteiger partial charge in [0.1, 0.15) is 11.3 Å². The highest BCUT2D eigenvalue weighted by molar-refractivity contribution is 6.36. The first-order chi connectivity index (χ1) is 14.8. The summed E-state index contributed by atoms with van der Waals surface area (Å²) in [7, 11) is 0. The average molecular weight is 445 g/mol. The number of fused-ring (bicyclic) bond motifs is 4. The molecule has 1 amide bonds. The van der Waals surface area contributed by atoms with E-state index in [1.807, 2.05) is 0 Å². The summed E-state index contributed by atoms with van der Waals surface area (Å²) in [6.45, 7) is 0. The fourth-order valence-corrected chi connectivity index (χ4v) is 5.70. The molecule has 3 aliphatic rings. The zero-order valence-corrected chi connectivity index (χ0v) is 17.1. The first-order valence-electron chi connectivity index (χ1n) is 10.2. The minimum atomic E-state index is -3.68. The van der Waals surface area contributed by atoms with E-state index in [0.29, 0.717) is 34.4 Å². The Hall–Kier alpha value is -2.78. The van der Waals surface area contributed by atoms with Crippen LogP contribution in [0.5, 0.6) is 0 Å². The standard InChI is InChI=1S/C21H19ClF2N6O/c22-17-12(3-4-14-16(17)21(23,24)20(31)28-14)13-7-27-19-18(13)26-8-15(29-19)30-10-1-2-11(30)6-9(25)5-10/h3-4,7-11H,1-2,5-6,25H2,(H,27,29)(H,28,31)/t9?,10-,11+. The van der Waals surface area contributed by atoms with Gasteiger partial charge >= 0.3 is 5.92 Å². The van der Waals surface area contributed by atoms with Crippen LogP contribution in [0.15, 0.2) is 24.5 Å². The second-order valence-electron chi connectivity index (χ2n) is 8.53. The first kappa shape index (κ1) is 18.9. The Bertz CT molecular complexity index is 1230. The molecule has 3 aliphatic heterocycles. The van der Waals surface area contributed by atoms with Crippen molar-refractivity contribution in [2.45, 2.75) is 49.7 Å². The van der Waals surface area contributed by atoms with Crippen LogP contribution in [0.3, 0.4) is 0 Å². The molecule has 2 fully saturated rings. The molecule has 31 heavy (non-hydrogen) atoms. The maximum absolute atomic E-state index is 14.3. The average Bonchev–Trinajstić information content (AvgIpc) is 3.33. The van der Waals surface area contributed by atoms with Crippen molar-refractivity contribution in [1.82, 2.24) is 15.0 Å². The summed E-state index contributed by atoms with van der Waals surface area (Å²) in [6, 6.07) is 4.00. The lowest BCUT2D eigenvalue weighted by molar-refractivity contribution is -0.139. The van der Waals surface area contributed by atoms with Gasteiger partial charge in [0.25, 0.3) is 5.91 Å². The number of anilines is 2. The number of nitrogens with two attached hydrogens (primary N) is 1. The predicted molar refractivity (Wildman–Crippen MR) is 113 cm³/mol. The molecular formula is C21H19ClF2N6O. The van der Waals surface area contributed by atoms with Crippen molar-refractivity contribution >= 4 is 40.2 Å². The van der Waals surface area contributed by atoms with E-state index in [9.17, 15) is 13.6 Å². The number of hydrogen-bond donors (Lipinski definition) is 3. The lowest BCUT2D eigenvalue weighted by Gasteiger charge is -2.38. The summed E-state index contributed by atoms with van der Waals surface area (Å²) in [6.07, 6.45) is 7.46. The Kier molecular flexibility index (Phi) is 3.89. The van der Waals surface area contributed by atoms with Crippen LogP contribution in [0, 0.1) is 0 Å². The molecule has 0 radical (unpaired) electrons. The summed E-state index contributed by atoms with van der Waals surface area (Å²) in [5.74, 6) is -4.26. The maximum atomic E-state index is 14.3. The lowest BCUT2D eigenvalue weighted by atomic mass is 9.98. The largest absolute Gasteiger partial charge is 0.353 e. The molecule has 3 atom stereocenters. The van der Waals surface area contributed by atoms with Crippen LogP contribution in [0.2, 0.25) is 5.02 Å². The zero-order valence-electron chi connectivity index (χ0n) is 16.3. The molecule has 7 nitrogen and oxygen atoms in total. The molecular weight excluding hydrogens is 426 g/mol. The number of aromatic amines is 1. The Balaban J connectivity index is 1.42. The molecule has 2 saturated heterocycles. The molecule has 5 heterocycles. The highest BCUT2D eigenvalue weighted by Gasteiger charge is 2.50. The molecule has 0 spiro atoms. The van der Waals surface area contributed by atoms with Crippen LogP contribution >= 0.6 is 11.6 Å². The molecule has 0 aliphatic carbocycles. The van der Waals surface area contributed by atoms with Gasteiger partial charge in [0.05, 0.1) is 22.5 Å². The van der Waals surface area contributed by atoms with Gasteiger partial charge in [0, 0.05) is 35.4 Å². The number of carbonyl (C=O) groups excluding carboxylic acids is 1. The fourth-order valence-electron chi connectivity index (χ4n) is 5.32. The number of H-pyrrole nitrogens is 1. The second kappa shape index (κ2) is 6.37. The van der Waals surface area contributed by atoms with E-state index in [1.54, 1.807) is 18.5 Å². The Morgan fingerprint density at radius 3 is 2.68 bits per heavy atom. The Morgan fingerprint density at radius 2 is 1.94 bits per heavy atom. The van der Waals surface area contributed by atoms with Crippen molar-refractivity contribution in [2.24, 2.45) is 5.73 Å². The van der Waals surface area contributed by atoms with Crippen LogP contribution in [-0.4, -0.2) is 39.0 Å². The van der Waals surface area contributed by atoms with Crippen molar-refractivity contribution in [2.75, 3.05) is 10.2 Å². The van der Waals surface area contributed by atoms with Crippen molar-refractivity contribution < 1.29 is 13.6 Å². The van der Waals surface area contributed by atoms with E-state index in [0.717, 1.165) is 31.5 Å². The van der Waals surface area contributed by atoms with Gasteiger partial charge < -0.3 is 20.9 Å². The van der Waals surface area contributed by atoms with Gasteiger partial charge in [0.2, 0.25) is 0 Å². The van der Waals surface area contributed by atoms with Gasteiger partial charge in [-0.25, -0.2) is 9.97 Å². The van der Waals surface area contributed by atoms with Gasteiger partial charge in [0.15, 0.2) is 5.65 Å². The maximum Gasteiger partial charge on any atom is 0.353 e. The first-order valence-corrected chi connectivity index (χ1v) is 10.6. The topological polar surface area (TPSA) is 99.9 Å². The minimum Gasteiger partial charge on any atom is -0.349 e. The highest BCUT2D eigenvalue weighted by atomic mass is 35.5. The summed E-state index contributed by atoms with van der Waals surface area (Å²) >= 11 is 6.35. The number of aromatic nitrogens is 3. The second-order valence-corrected chi connectivity index (χ2v) is 8.91. The molecule has 1 unspecified atom stereocenters. The normalized spacial score (nSPS) is 26.4. The lowest BCUT2D eigenvalue weighted by Crippen LogP contribution is -2.47. The number of benzene rings is 1. The fraction of sp³-hybridized carbons (Fsp3) is 0.381. The van der Waals surface area contributed by atoms with Gasteiger partial charge in [-0.3, -0.25) is 4.79 Å². The summed E-state index contributed by atoms with van der Waals surface area (Å²) in [5, 5.41) is 2.00. The Morgan fingerprint density at radius 1 is 1.19 bits per heavy atom. The SMILES string of the molecule is NC1C[C@H]2CC[C@@H](C1)N2c1cnc2c(-c3ccc4c(c3Cl)C(F)(F)C(=O)N4)c[nH]c2n1. The minimum absolute atomic E-state index is 0.0238. The number of halogens is 3. The van der Waals surface area contributed by atoms with Gasteiger partial charge in [-0.1, -0.05) is 17.7 Å². The third kappa shape index (κ3) is 2.62. The molecule has 160 valence electrons. The van der Waals surface area contributed by atoms with Crippen LogP contribution in [0.25, 0.3) is 22.3 Å². The Labute approximate surface area is 181 Å². The van der Waals surface area contributed by atoms with Crippen LogP contribution in [-0.2, 0) is 10.7 Å². The molecule has 0 saturated carbocycles. The van der Waals surface area contributed by atoms with Crippen molar-refractivity contribution in [3.8, 4) is 11.1 Å². The van der Waals surface area contributed by atoms with Crippen molar-refractivity contribution in [1.29, 1.82) is 0 Å². The van der Waals surface area contributed by atoms with Crippen molar-refractivity contribution in [3.63, 3.8) is 0 Å². The number of alkyl halides is 2. The highest BCUT2D eigenvalue weighted by Crippen LogP contribution is 2.48. The van der Waals surface area contributed by atoms with E-state index in [2.05, 4.69) is 20.2 Å². The summed E-state index contributed by atoms with van der Waals surface area (Å²) in [5.41, 5.74) is 7.71. The molecule has 2 bridgehead atoms. The predicted octanol–water partition coefficient (Wildman–Crippen LogP) is 3.78. The van der Waals surface area contributed by atoms with Gasteiger partial charge in [-0.15, -0.1) is 0 Å². The number of nitrogens with one attached hydrogen (secondary N) is 2. The summed E-state index contributed by atoms with van der Waals surface area (Å²) < 4.78 is 28.7. The van der Waals surface area contributed by atoms with Crippen molar-refractivity contribution in [3.05, 3.63) is 35.1 Å². The summed E-state index contributed by atoms with van der Waals surface area (Å²) in [4.78, 5) is 26.4. The van der Waals surface area contributed by atoms with Gasteiger partial charge in [-0.2, -0.15) is 8.78 Å². The smallest absolute Gasteiger partial charge is 0.349 e. The number of hydrogen-bond acceptors (Lipinski definition) is 5. The molecule has 6 rings (SSSR count). The van der Waals surface area contributed by atoms with Crippen LogP contribution in [0.1, 0.15) is 31.2 Å². The van der Waals surface area contributed by atoms with E-state index in [1.165, 1.54) is 6.07 Å². The van der Waals surface area contributed by atoms with Gasteiger partial charge in [-0.05, 0) is 31.7 Å². The number of nitrogens with zero attached hydrogens (tertiary/aromatic N) is 3. The third-order valence-corrected chi connectivity index (χ3v) is 7.07. The van der Waals surface area contributed by atoms with Crippen LogP contribution in [0.4, 0.5) is 20.3 Å². The number of amides is 1. The molecule has 2 aromatic heterocycles. The molecule has 3 aromatic rings. The van der Waals surface area contributed by atoms with E-state index in [4.69, 9.17) is 22.3 Å². The van der Waals surface area contributed by atoms with E-state index in [-0.39, 0.29) is 16.8 Å². The van der Waals surface area contributed by atoms with Crippen LogP contribution < -0.4 is 16.0 Å². The zero-order chi connectivity index (χ0) is 21.5. The molecule has 4 N–H and O–H groups in total. The monoisotopic (exact) mass is 444 g/mol. The number of piperidine rings is 1. The van der Waals surface area contributed by atoms with E-state index < -0.39 is 17.4 Å². The number of rotatable bonds is 2. The number of carbonyl (C=O) groups is 1. The third-order valence-electron chi connectivity index (χ3n) is 6.68. The molecule has 10 heteroatoms. The quantitative estimate of drug-likeness (QED) is 0.558. The van der Waals surface area contributed by atoms with E-state index >= 15 is 0 Å².